The highest BCUT2D eigenvalue weighted by molar-refractivity contribution is 5.11. The molecule has 2 aliphatic rings. The zero-order valence-corrected chi connectivity index (χ0v) is 11.8. The van der Waals surface area contributed by atoms with Gasteiger partial charge >= 0.3 is 0 Å². The van der Waals surface area contributed by atoms with Crippen molar-refractivity contribution in [2.45, 2.75) is 31.6 Å². The molecule has 4 heteroatoms. The molecular weight excluding hydrogens is 236 g/mol. The number of nitrogens with one attached hydrogen (secondary N) is 1. The summed E-state index contributed by atoms with van der Waals surface area (Å²) in [5.41, 5.74) is 1.25. The van der Waals surface area contributed by atoms with E-state index in [4.69, 9.17) is 4.98 Å². The van der Waals surface area contributed by atoms with Gasteiger partial charge in [0.05, 0.1) is 0 Å². The molecule has 2 fully saturated rings. The molecule has 1 unspecified atom stereocenters. The van der Waals surface area contributed by atoms with E-state index in [9.17, 15) is 0 Å². The Labute approximate surface area is 115 Å². The first-order chi connectivity index (χ1) is 9.31. The Balaban J connectivity index is 1.65. The minimum Gasteiger partial charge on any atom is -0.317 e. The molecule has 0 amide bonds. The summed E-state index contributed by atoms with van der Waals surface area (Å²) < 4.78 is 0. The summed E-state index contributed by atoms with van der Waals surface area (Å²) in [6.45, 7) is 4.64. The number of likely N-dealkylation sites (tertiary alicyclic amines) is 1. The zero-order valence-electron chi connectivity index (χ0n) is 11.8. The van der Waals surface area contributed by atoms with Gasteiger partial charge in [-0.3, -0.25) is 0 Å². The third-order valence-electron chi connectivity index (χ3n) is 4.47. The maximum Gasteiger partial charge on any atom is 0.128 e. The molecular formula is C15H24N4. The van der Waals surface area contributed by atoms with E-state index in [1.54, 1.807) is 0 Å². The third-order valence-corrected chi connectivity index (χ3v) is 4.47. The second-order valence-corrected chi connectivity index (χ2v) is 6.04. The van der Waals surface area contributed by atoms with Gasteiger partial charge in [-0.15, -0.1) is 0 Å². The van der Waals surface area contributed by atoms with Crippen molar-refractivity contribution < 1.29 is 0 Å². The smallest absolute Gasteiger partial charge is 0.128 e. The molecule has 1 aromatic heterocycles. The van der Waals surface area contributed by atoms with Crippen LogP contribution in [-0.2, 0) is 6.42 Å². The second-order valence-electron chi connectivity index (χ2n) is 6.04. The van der Waals surface area contributed by atoms with Crippen LogP contribution >= 0.6 is 0 Å². The Morgan fingerprint density at radius 2 is 2.16 bits per heavy atom. The minimum absolute atomic E-state index is 0.611. The van der Waals surface area contributed by atoms with Crippen molar-refractivity contribution in [3.05, 3.63) is 23.8 Å². The van der Waals surface area contributed by atoms with E-state index in [-0.39, 0.29) is 0 Å². The van der Waals surface area contributed by atoms with Gasteiger partial charge in [0.25, 0.3) is 0 Å². The van der Waals surface area contributed by atoms with Gasteiger partial charge in [0.2, 0.25) is 0 Å². The monoisotopic (exact) mass is 260 g/mol. The van der Waals surface area contributed by atoms with Crippen molar-refractivity contribution in [3.63, 3.8) is 0 Å². The topological polar surface area (TPSA) is 41.1 Å². The first-order valence-corrected chi connectivity index (χ1v) is 7.52. The molecule has 0 radical (unpaired) electrons. The van der Waals surface area contributed by atoms with Crippen LogP contribution in [0.3, 0.4) is 0 Å². The highest BCUT2D eigenvalue weighted by Crippen LogP contribution is 2.25. The highest BCUT2D eigenvalue weighted by atomic mass is 15.1. The molecule has 104 valence electrons. The largest absolute Gasteiger partial charge is 0.317 e. The van der Waals surface area contributed by atoms with E-state index in [1.165, 1.54) is 31.5 Å². The maximum atomic E-state index is 4.83. The lowest BCUT2D eigenvalue weighted by Crippen LogP contribution is -2.29. The Morgan fingerprint density at radius 1 is 1.32 bits per heavy atom. The SMILES string of the molecule is CN1CCC(c2ccnc(CC3CCNCC3)n2)C1. The molecule has 0 aromatic carbocycles. The summed E-state index contributed by atoms with van der Waals surface area (Å²) in [5.74, 6) is 2.43. The van der Waals surface area contributed by atoms with Gasteiger partial charge in [0.1, 0.15) is 5.82 Å². The molecule has 0 bridgehead atoms. The van der Waals surface area contributed by atoms with Crippen LogP contribution < -0.4 is 5.32 Å². The first-order valence-electron chi connectivity index (χ1n) is 7.52. The molecule has 1 atom stereocenters. The summed E-state index contributed by atoms with van der Waals surface area (Å²) in [6, 6.07) is 2.11. The van der Waals surface area contributed by atoms with Crippen molar-refractivity contribution in [2.75, 3.05) is 33.2 Å². The van der Waals surface area contributed by atoms with Crippen LogP contribution in [-0.4, -0.2) is 48.1 Å². The number of likely N-dealkylation sites (N-methyl/N-ethyl adjacent to an activating group) is 1. The average molecular weight is 260 g/mol. The van der Waals surface area contributed by atoms with Crippen molar-refractivity contribution in [1.29, 1.82) is 0 Å². The van der Waals surface area contributed by atoms with Crippen LogP contribution in [0.1, 0.15) is 36.7 Å². The van der Waals surface area contributed by atoms with E-state index >= 15 is 0 Å². The summed E-state index contributed by atoms with van der Waals surface area (Å²) in [6.07, 6.45) is 6.77. The second kappa shape index (κ2) is 5.97. The number of hydrogen-bond acceptors (Lipinski definition) is 4. The van der Waals surface area contributed by atoms with Crippen molar-refractivity contribution in [1.82, 2.24) is 20.2 Å². The van der Waals surface area contributed by atoms with Gasteiger partial charge in [-0.25, -0.2) is 9.97 Å². The molecule has 2 aliphatic heterocycles. The fourth-order valence-electron chi connectivity index (χ4n) is 3.26. The molecule has 3 heterocycles. The Hall–Kier alpha value is -1.00. The molecule has 1 N–H and O–H groups in total. The molecule has 0 aliphatic carbocycles. The summed E-state index contributed by atoms with van der Waals surface area (Å²) in [4.78, 5) is 11.7. The normalized spacial score (nSPS) is 25.8. The lowest BCUT2D eigenvalue weighted by molar-refractivity contribution is 0.366. The Kier molecular flexibility index (Phi) is 4.09. The summed E-state index contributed by atoms with van der Waals surface area (Å²) in [7, 11) is 2.19. The van der Waals surface area contributed by atoms with E-state index in [0.717, 1.165) is 37.8 Å². The lowest BCUT2D eigenvalue weighted by atomic mass is 9.94. The van der Waals surface area contributed by atoms with E-state index in [2.05, 4.69) is 28.3 Å². The number of aromatic nitrogens is 2. The van der Waals surface area contributed by atoms with Gasteiger partial charge in [-0.2, -0.15) is 0 Å². The van der Waals surface area contributed by atoms with Crippen LogP contribution in [0.4, 0.5) is 0 Å². The van der Waals surface area contributed by atoms with Crippen LogP contribution in [0.2, 0.25) is 0 Å². The van der Waals surface area contributed by atoms with Crippen LogP contribution in [0, 0.1) is 5.92 Å². The number of rotatable bonds is 3. The number of piperidine rings is 1. The fourth-order valence-corrected chi connectivity index (χ4v) is 3.26. The molecule has 2 saturated heterocycles. The lowest BCUT2D eigenvalue weighted by Gasteiger charge is -2.22. The predicted molar refractivity (Wildman–Crippen MR) is 76.2 cm³/mol. The Bertz CT molecular complexity index is 414. The van der Waals surface area contributed by atoms with Gasteiger partial charge in [-0.05, 0) is 57.9 Å². The molecule has 4 nitrogen and oxygen atoms in total. The fraction of sp³-hybridized carbons (Fsp3) is 0.733. The first kappa shape index (κ1) is 13.0. The average Bonchev–Trinajstić information content (AvgIpc) is 2.87. The van der Waals surface area contributed by atoms with Crippen molar-refractivity contribution in [2.24, 2.45) is 5.92 Å². The number of hydrogen-bond donors (Lipinski definition) is 1. The minimum atomic E-state index is 0.611. The van der Waals surface area contributed by atoms with Gasteiger partial charge in [0, 0.05) is 30.8 Å². The van der Waals surface area contributed by atoms with Gasteiger partial charge in [0.15, 0.2) is 0 Å². The van der Waals surface area contributed by atoms with Crippen LogP contribution in [0.5, 0.6) is 0 Å². The third kappa shape index (κ3) is 3.31. The summed E-state index contributed by atoms with van der Waals surface area (Å²) >= 11 is 0. The van der Waals surface area contributed by atoms with Crippen molar-refractivity contribution >= 4 is 0 Å². The molecule has 0 saturated carbocycles. The number of nitrogens with zero attached hydrogens (tertiary/aromatic N) is 3. The molecule has 1 aromatic rings. The predicted octanol–water partition coefficient (Wildman–Crippen LogP) is 1.44. The van der Waals surface area contributed by atoms with E-state index < -0.39 is 0 Å². The van der Waals surface area contributed by atoms with Gasteiger partial charge in [-0.1, -0.05) is 0 Å². The van der Waals surface area contributed by atoms with Gasteiger partial charge < -0.3 is 10.2 Å². The molecule has 0 spiro atoms. The van der Waals surface area contributed by atoms with Crippen LogP contribution in [0.15, 0.2) is 12.3 Å². The summed E-state index contributed by atoms with van der Waals surface area (Å²) in [5, 5.41) is 3.42. The molecule has 3 rings (SSSR count). The standard InChI is InChI=1S/C15H24N4/c1-19-9-5-13(11-19)14-4-8-17-15(18-14)10-12-2-6-16-7-3-12/h4,8,12-13,16H,2-3,5-7,9-11H2,1H3. The molecule has 19 heavy (non-hydrogen) atoms. The van der Waals surface area contributed by atoms with Crippen molar-refractivity contribution in [3.8, 4) is 0 Å². The quantitative estimate of drug-likeness (QED) is 0.893. The van der Waals surface area contributed by atoms with E-state index in [0.29, 0.717) is 5.92 Å². The zero-order chi connectivity index (χ0) is 13.1. The highest BCUT2D eigenvalue weighted by Gasteiger charge is 2.23. The Morgan fingerprint density at radius 3 is 2.89 bits per heavy atom. The van der Waals surface area contributed by atoms with E-state index in [1.807, 2.05) is 6.20 Å². The van der Waals surface area contributed by atoms with Crippen LogP contribution in [0.25, 0.3) is 0 Å². The maximum absolute atomic E-state index is 4.83.